The Kier molecular flexibility index (Phi) is 4.85. The number of nitrogens with one attached hydrogen (secondary N) is 1. The molecular formula is C17H20N2O5S2. The van der Waals surface area contributed by atoms with Crippen molar-refractivity contribution >= 4 is 31.4 Å². The van der Waals surface area contributed by atoms with Gasteiger partial charge < -0.3 is 4.74 Å². The Hall–Kier alpha value is -2.26. The fourth-order valence-corrected chi connectivity index (χ4v) is 5.44. The van der Waals surface area contributed by atoms with Gasteiger partial charge in [-0.25, -0.2) is 16.8 Å². The lowest BCUT2D eigenvalue weighted by Gasteiger charge is -2.19. The van der Waals surface area contributed by atoms with Gasteiger partial charge in [0.05, 0.1) is 29.1 Å². The summed E-state index contributed by atoms with van der Waals surface area (Å²) in [7, 11) is -5.63. The molecule has 0 amide bonds. The van der Waals surface area contributed by atoms with E-state index in [4.69, 9.17) is 4.74 Å². The molecule has 1 heterocycles. The average molecular weight is 396 g/mol. The van der Waals surface area contributed by atoms with E-state index >= 15 is 0 Å². The zero-order chi connectivity index (χ0) is 18.9. The number of ether oxygens (including phenoxy) is 1. The smallest absolute Gasteiger partial charge is 0.261 e. The summed E-state index contributed by atoms with van der Waals surface area (Å²) in [6.45, 7) is 2.16. The summed E-state index contributed by atoms with van der Waals surface area (Å²) < 4.78 is 58.4. The van der Waals surface area contributed by atoms with Crippen molar-refractivity contribution in [2.75, 3.05) is 28.4 Å². The Morgan fingerprint density at radius 3 is 2.38 bits per heavy atom. The molecule has 0 aromatic heterocycles. The molecule has 9 heteroatoms. The van der Waals surface area contributed by atoms with E-state index in [1.807, 2.05) is 0 Å². The van der Waals surface area contributed by atoms with E-state index in [1.165, 1.54) is 23.5 Å². The maximum absolute atomic E-state index is 12.6. The molecule has 0 saturated carbocycles. The summed E-state index contributed by atoms with van der Waals surface area (Å²) >= 11 is 0. The molecule has 0 unspecified atom stereocenters. The quantitative estimate of drug-likeness (QED) is 0.837. The maximum Gasteiger partial charge on any atom is 0.261 e. The summed E-state index contributed by atoms with van der Waals surface area (Å²) in [5.74, 6) is 0.662. The molecule has 3 rings (SSSR count). The van der Waals surface area contributed by atoms with E-state index in [1.54, 1.807) is 37.3 Å². The summed E-state index contributed by atoms with van der Waals surface area (Å²) in [6.07, 6.45) is 0.559. The SMILES string of the molecule is COc1ccc(S(=O)(=O)Nc2cc(N3CCCS3(=O)=O)ccc2C)cc1. The van der Waals surface area contributed by atoms with E-state index in [-0.39, 0.29) is 10.6 Å². The summed E-state index contributed by atoms with van der Waals surface area (Å²) in [5, 5.41) is 0. The third kappa shape index (κ3) is 3.63. The third-order valence-electron chi connectivity index (χ3n) is 4.22. The first-order valence-electron chi connectivity index (χ1n) is 8.01. The van der Waals surface area contributed by atoms with Gasteiger partial charge in [0.15, 0.2) is 0 Å². The van der Waals surface area contributed by atoms with Crippen LogP contribution in [-0.2, 0) is 20.0 Å². The zero-order valence-electron chi connectivity index (χ0n) is 14.5. The number of sulfonamides is 2. The highest BCUT2D eigenvalue weighted by Gasteiger charge is 2.29. The van der Waals surface area contributed by atoms with E-state index in [0.717, 1.165) is 0 Å². The minimum Gasteiger partial charge on any atom is -0.497 e. The van der Waals surface area contributed by atoms with Gasteiger partial charge in [0.2, 0.25) is 10.0 Å². The average Bonchev–Trinajstić information content (AvgIpc) is 2.96. The second kappa shape index (κ2) is 6.81. The van der Waals surface area contributed by atoms with Crippen LogP contribution in [0.4, 0.5) is 11.4 Å². The molecule has 140 valence electrons. The van der Waals surface area contributed by atoms with Gasteiger partial charge in [-0.2, -0.15) is 0 Å². The monoisotopic (exact) mass is 396 g/mol. The summed E-state index contributed by atoms with van der Waals surface area (Å²) in [6, 6.07) is 11.0. The maximum atomic E-state index is 12.6. The molecule has 1 aliphatic rings. The first kappa shape index (κ1) is 18.5. The Morgan fingerprint density at radius 1 is 1.12 bits per heavy atom. The van der Waals surface area contributed by atoms with Crippen LogP contribution in [0.2, 0.25) is 0 Å². The molecule has 0 atom stereocenters. The van der Waals surface area contributed by atoms with Gasteiger partial charge in [-0.05, 0) is 55.3 Å². The molecule has 7 nitrogen and oxygen atoms in total. The fraction of sp³-hybridized carbons (Fsp3) is 0.294. The molecule has 1 N–H and O–H groups in total. The van der Waals surface area contributed by atoms with Crippen molar-refractivity contribution in [2.45, 2.75) is 18.2 Å². The number of hydrogen-bond donors (Lipinski definition) is 1. The molecular weight excluding hydrogens is 376 g/mol. The van der Waals surface area contributed by atoms with Gasteiger partial charge >= 0.3 is 0 Å². The van der Waals surface area contributed by atoms with Crippen molar-refractivity contribution in [3.05, 3.63) is 48.0 Å². The van der Waals surface area contributed by atoms with Crippen LogP contribution in [-0.4, -0.2) is 36.2 Å². The highest BCUT2D eigenvalue weighted by atomic mass is 32.2. The van der Waals surface area contributed by atoms with Gasteiger partial charge in [-0.15, -0.1) is 0 Å². The first-order chi connectivity index (χ1) is 12.2. The van der Waals surface area contributed by atoms with Crippen LogP contribution in [0, 0.1) is 6.92 Å². The highest BCUT2D eigenvalue weighted by molar-refractivity contribution is 7.93. The van der Waals surface area contributed by atoms with Crippen LogP contribution in [0.5, 0.6) is 5.75 Å². The largest absolute Gasteiger partial charge is 0.497 e. The number of methoxy groups -OCH3 is 1. The van der Waals surface area contributed by atoms with Crippen molar-refractivity contribution in [1.29, 1.82) is 0 Å². The number of rotatable bonds is 5. The van der Waals surface area contributed by atoms with Gasteiger partial charge in [0.25, 0.3) is 10.0 Å². The standard InChI is InChI=1S/C17H20N2O5S2/c1-13-4-5-14(19-10-3-11-25(19,20)21)12-17(13)18-26(22,23)16-8-6-15(24-2)7-9-16/h4-9,12,18H,3,10-11H2,1-2H3. The predicted octanol–water partition coefficient (Wildman–Crippen LogP) is 2.34. The third-order valence-corrected chi connectivity index (χ3v) is 7.47. The van der Waals surface area contributed by atoms with Crippen molar-refractivity contribution in [3.63, 3.8) is 0 Å². The Balaban J connectivity index is 1.92. The van der Waals surface area contributed by atoms with Crippen LogP contribution in [0.25, 0.3) is 0 Å². The summed E-state index contributed by atoms with van der Waals surface area (Å²) in [5.41, 5.74) is 1.50. The topological polar surface area (TPSA) is 92.8 Å². The minimum absolute atomic E-state index is 0.0943. The van der Waals surface area contributed by atoms with Crippen molar-refractivity contribution in [3.8, 4) is 5.75 Å². The molecule has 1 saturated heterocycles. The van der Waals surface area contributed by atoms with Crippen LogP contribution in [0.15, 0.2) is 47.4 Å². The van der Waals surface area contributed by atoms with Gasteiger partial charge in [-0.1, -0.05) is 6.07 Å². The molecule has 1 fully saturated rings. The molecule has 0 aliphatic carbocycles. The van der Waals surface area contributed by atoms with E-state index in [9.17, 15) is 16.8 Å². The number of hydrogen-bond acceptors (Lipinski definition) is 5. The van der Waals surface area contributed by atoms with Crippen molar-refractivity contribution in [2.24, 2.45) is 0 Å². The molecule has 0 bridgehead atoms. The second-order valence-corrected chi connectivity index (χ2v) is 9.72. The molecule has 2 aromatic rings. The number of aryl methyl sites for hydroxylation is 1. The van der Waals surface area contributed by atoms with Crippen LogP contribution < -0.4 is 13.8 Å². The van der Waals surface area contributed by atoms with Gasteiger partial charge in [-0.3, -0.25) is 9.03 Å². The summed E-state index contributed by atoms with van der Waals surface area (Å²) in [4.78, 5) is 0.0943. The predicted molar refractivity (Wildman–Crippen MR) is 101 cm³/mol. The number of nitrogens with zero attached hydrogens (tertiary/aromatic N) is 1. The number of benzene rings is 2. The van der Waals surface area contributed by atoms with Crippen LogP contribution in [0.3, 0.4) is 0 Å². The molecule has 0 spiro atoms. The lowest BCUT2D eigenvalue weighted by atomic mass is 10.2. The van der Waals surface area contributed by atoms with Gasteiger partial charge in [0.1, 0.15) is 5.75 Å². The van der Waals surface area contributed by atoms with E-state index < -0.39 is 20.0 Å². The van der Waals surface area contributed by atoms with Crippen LogP contribution in [0.1, 0.15) is 12.0 Å². The normalized spacial score (nSPS) is 16.5. The molecule has 1 aliphatic heterocycles. The van der Waals surface area contributed by atoms with Crippen molar-refractivity contribution < 1.29 is 21.6 Å². The van der Waals surface area contributed by atoms with Gasteiger partial charge in [0, 0.05) is 6.54 Å². The fourth-order valence-electron chi connectivity index (χ4n) is 2.76. The molecule has 2 aromatic carbocycles. The highest BCUT2D eigenvalue weighted by Crippen LogP contribution is 2.30. The number of anilines is 2. The Bertz CT molecular complexity index is 1020. The molecule has 0 radical (unpaired) electrons. The van der Waals surface area contributed by atoms with Crippen LogP contribution >= 0.6 is 0 Å². The second-order valence-electron chi connectivity index (χ2n) is 6.02. The zero-order valence-corrected chi connectivity index (χ0v) is 16.1. The Labute approximate surface area is 153 Å². The van der Waals surface area contributed by atoms with Crippen molar-refractivity contribution in [1.82, 2.24) is 0 Å². The lowest BCUT2D eigenvalue weighted by Crippen LogP contribution is -2.25. The lowest BCUT2D eigenvalue weighted by molar-refractivity contribution is 0.414. The van der Waals surface area contributed by atoms with E-state index in [0.29, 0.717) is 35.7 Å². The minimum atomic E-state index is -3.80. The molecule has 26 heavy (non-hydrogen) atoms. The first-order valence-corrected chi connectivity index (χ1v) is 11.1. The van der Waals surface area contributed by atoms with E-state index in [2.05, 4.69) is 4.72 Å². The Morgan fingerprint density at radius 2 is 1.81 bits per heavy atom.